The lowest BCUT2D eigenvalue weighted by Gasteiger charge is -2.38. The number of nitrogens with one attached hydrogen (secondary N) is 1. The zero-order valence-corrected chi connectivity index (χ0v) is 8.77. The number of amides is 2. The molecule has 0 radical (unpaired) electrons. The molecule has 1 unspecified atom stereocenters. The molecule has 0 bridgehead atoms. The third kappa shape index (κ3) is 1.78. The number of aliphatic carboxylic acids is 1. The molecule has 2 N–H and O–H groups in total. The van der Waals surface area contributed by atoms with Crippen molar-refractivity contribution in [2.24, 2.45) is 5.92 Å². The van der Waals surface area contributed by atoms with Crippen LogP contribution in [-0.4, -0.2) is 40.6 Å². The van der Waals surface area contributed by atoms with Crippen molar-refractivity contribution in [1.29, 1.82) is 0 Å². The van der Waals surface area contributed by atoms with Crippen LogP contribution in [0.4, 0.5) is 4.79 Å². The fourth-order valence-corrected chi connectivity index (χ4v) is 2.21. The Labute approximate surface area is 88.4 Å². The summed E-state index contributed by atoms with van der Waals surface area (Å²) in [5, 5.41) is 11.6. The van der Waals surface area contributed by atoms with E-state index in [1.54, 1.807) is 4.90 Å². The van der Waals surface area contributed by atoms with Crippen molar-refractivity contribution in [3.63, 3.8) is 0 Å². The highest BCUT2D eigenvalue weighted by molar-refractivity contribution is 5.78. The van der Waals surface area contributed by atoms with E-state index in [4.69, 9.17) is 5.11 Å². The lowest BCUT2D eigenvalue weighted by Crippen LogP contribution is -2.48. The number of hydrogen-bond acceptors (Lipinski definition) is 2. The molecular weight excluding hydrogens is 196 g/mol. The molecule has 5 nitrogen and oxygen atoms in total. The van der Waals surface area contributed by atoms with E-state index in [2.05, 4.69) is 5.32 Å². The minimum atomic E-state index is -0.738. The highest BCUT2D eigenvalue weighted by Crippen LogP contribution is 2.33. The molecule has 2 fully saturated rings. The van der Waals surface area contributed by atoms with Crippen molar-refractivity contribution in [2.75, 3.05) is 6.54 Å². The number of carboxylic acids is 1. The van der Waals surface area contributed by atoms with Crippen LogP contribution in [0, 0.1) is 5.92 Å². The van der Waals surface area contributed by atoms with Crippen LogP contribution in [0.2, 0.25) is 0 Å². The Hall–Kier alpha value is -1.26. The Kier molecular flexibility index (Phi) is 2.54. The van der Waals surface area contributed by atoms with Gasteiger partial charge in [0.15, 0.2) is 0 Å². The molecule has 84 valence electrons. The van der Waals surface area contributed by atoms with E-state index in [0.29, 0.717) is 12.8 Å². The summed E-state index contributed by atoms with van der Waals surface area (Å²) >= 11 is 0. The number of hydrogen-bond donors (Lipinski definition) is 2. The molecule has 15 heavy (non-hydrogen) atoms. The second-order valence-electron chi connectivity index (χ2n) is 4.37. The molecule has 0 aromatic rings. The molecule has 1 atom stereocenters. The topological polar surface area (TPSA) is 69.6 Å². The summed E-state index contributed by atoms with van der Waals surface area (Å²) in [6.45, 7) is 2.77. The van der Waals surface area contributed by atoms with Crippen LogP contribution in [0.1, 0.15) is 26.2 Å². The molecule has 1 saturated heterocycles. The van der Waals surface area contributed by atoms with Gasteiger partial charge in [-0.05, 0) is 19.3 Å². The van der Waals surface area contributed by atoms with E-state index in [9.17, 15) is 9.59 Å². The van der Waals surface area contributed by atoms with E-state index in [1.807, 2.05) is 6.92 Å². The van der Waals surface area contributed by atoms with Gasteiger partial charge in [-0.1, -0.05) is 6.92 Å². The Balaban J connectivity index is 1.87. The van der Waals surface area contributed by atoms with Crippen LogP contribution in [0.25, 0.3) is 0 Å². The van der Waals surface area contributed by atoms with Crippen LogP contribution in [-0.2, 0) is 4.79 Å². The molecule has 0 aromatic carbocycles. The second kappa shape index (κ2) is 3.72. The number of nitrogens with zero attached hydrogens (tertiary/aromatic N) is 1. The van der Waals surface area contributed by atoms with E-state index in [0.717, 1.165) is 13.0 Å². The Morgan fingerprint density at radius 3 is 2.73 bits per heavy atom. The smallest absolute Gasteiger partial charge is 0.317 e. The SMILES string of the molecule is CCC1CN(C2CC(C(=O)O)C2)C(=O)N1. The molecule has 1 aliphatic carbocycles. The van der Waals surface area contributed by atoms with Crippen LogP contribution in [0.3, 0.4) is 0 Å². The van der Waals surface area contributed by atoms with Gasteiger partial charge in [-0.3, -0.25) is 4.79 Å². The fourth-order valence-electron chi connectivity index (χ4n) is 2.21. The first kappa shape index (κ1) is 10.3. The quantitative estimate of drug-likeness (QED) is 0.721. The largest absolute Gasteiger partial charge is 0.481 e. The van der Waals surface area contributed by atoms with Crippen molar-refractivity contribution in [1.82, 2.24) is 10.2 Å². The monoisotopic (exact) mass is 212 g/mol. The maximum atomic E-state index is 11.5. The van der Waals surface area contributed by atoms with Crippen molar-refractivity contribution < 1.29 is 14.7 Å². The van der Waals surface area contributed by atoms with Crippen molar-refractivity contribution in [2.45, 2.75) is 38.3 Å². The first-order valence-corrected chi connectivity index (χ1v) is 5.41. The minimum Gasteiger partial charge on any atom is -0.481 e. The maximum absolute atomic E-state index is 11.5. The Morgan fingerprint density at radius 2 is 2.27 bits per heavy atom. The summed E-state index contributed by atoms with van der Waals surface area (Å²) in [6.07, 6.45) is 2.15. The van der Waals surface area contributed by atoms with Gasteiger partial charge < -0.3 is 15.3 Å². The van der Waals surface area contributed by atoms with Crippen LogP contribution >= 0.6 is 0 Å². The molecule has 1 saturated carbocycles. The zero-order chi connectivity index (χ0) is 11.0. The summed E-state index contributed by atoms with van der Waals surface area (Å²) in [7, 11) is 0. The third-order valence-electron chi connectivity index (χ3n) is 3.40. The molecule has 2 aliphatic rings. The summed E-state index contributed by atoms with van der Waals surface area (Å²) in [5.41, 5.74) is 0. The van der Waals surface area contributed by atoms with E-state index in [1.165, 1.54) is 0 Å². The number of urea groups is 1. The molecule has 2 rings (SSSR count). The number of carbonyl (C=O) groups is 2. The first-order chi connectivity index (χ1) is 7.11. The van der Waals surface area contributed by atoms with E-state index < -0.39 is 5.97 Å². The third-order valence-corrected chi connectivity index (χ3v) is 3.40. The van der Waals surface area contributed by atoms with Gasteiger partial charge >= 0.3 is 12.0 Å². The predicted molar refractivity (Wildman–Crippen MR) is 53.5 cm³/mol. The summed E-state index contributed by atoms with van der Waals surface area (Å²) < 4.78 is 0. The van der Waals surface area contributed by atoms with Gasteiger partial charge in [-0.2, -0.15) is 0 Å². The zero-order valence-electron chi connectivity index (χ0n) is 8.77. The molecule has 0 aromatic heterocycles. The van der Waals surface area contributed by atoms with E-state index >= 15 is 0 Å². The normalized spacial score (nSPS) is 34.9. The standard InChI is InChI=1S/C10H16N2O3/c1-2-7-5-12(10(15)11-7)8-3-6(4-8)9(13)14/h6-8H,2-5H2,1H3,(H,11,15)(H,13,14). The van der Waals surface area contributed by atoms with Gasteiger partial charge in [0.25, 0.3) is 0 Å². The molecule has 1 heterocycles. The van der Waals surface area contributed by atoms with E-state index in [-0.39, 0.29) is 24.0 Å². The average Bonchev–Trinajstić information content (AvgIpc) is 2.44. The van der Waals surface area contributed by atoms with Gasteiger partial charge in [0, 0.05) is 18.6 Å². The second-order valence-corrected chi connectivity index (χ2v) is 4.37. The summed E-state index contributed by atoms with van der Waals surface area (Å²) in [4.78, 5) is 23.9. The van der Waals surface area contributed by atoms with Gasteiger partial charge in [-0.25, -0.2) is 4.79 Å². The highest BCUT2D eigenvalue weighted by atomic mass is 16.4. The van der Waals surface area contributed by atoms with Gasteiger partial charge in [0.1, 0.15) is 0 Å². The van der Waals surface area contributed by atoms with Crippen LogP contribution in [0.5, 0.6) is 0 Å². The molecule has 0 spiro atoms. The summed E-state index contributed by atoms with van der Waals surface area (Å²) in [5.74, 6) is -0.985. The molecule has 2 amide bonds. The maximum Gasteiger partial charge on any atom is 0.317 e. The minimum absolute atomic E-state index is 0.0318. The van der Waals surface area contributed by atoms with Gasteiger partial charge in [-0.15, -0.1) is 0 Å². The number of carbonyl (C=O) groups excluding carboxylic acids is 1. The van der Waals surface area contributed by atoms with Gasteiger partial charge in [0.05, 0.1) is 5.92 Å². The lowest BCUT2D eigenvalue weighted by molar-refractivity contribution is -0.146. The van der Waals surface area contributed by atoms with Gasteiger partial charge in [0.2, 0.25) is 0 Å². The fraction of sp³-hybridized carbons (Fsp3) is 0.800. The molecule has 5 heteroatoms. The lowest BCUT2D eigenvalue weighted by atomic mass is 9.79. The van der Waals surface area contributed by atoms with Crippen molar-refractivity contribution >= 4 is 12.0 Å². The predicted octanol–water partition coefficient (Wildman–Crippen LogP) is 0.653. The Morgan fingerprint density at radius 1 is 1.60 bits per heavy atom. The molecular formula is C10H16N2O3. The number of carboxylic acid groups (broad SMARTS) is 1. The van der Waals surface area contributed by atoms with Crippen LogP contribution < -0.4 is 5.32 Å². The van der Waals surface area contributed by atoms with Crippen molar-refractivity contribution in [3.8, 4) is 0 Å². The first-order valence-electron chi connectivity index (χ1n) is 5.41. The molecule has 1 aliphatic heterocycles. The number of rotatable bonds is 3. The van der Waals surface area contributed by atoms with Crippen LogP contribution in [0.15, 0.2) is 0 Å². The van der Waals surface area contributed by atoms with Crippen molar-refractivity contribution in [3.05, 3.63) is 0 Å². The summed E-state index contributed by atoms with van der Waals surface area (Å²) in [6, 6.07) is 0.347. The Bertz CT molecular complexity index is 286. The highest BCUT2D eigenvalue weighted by Gasteiger charge is 2.42. The average molecular weight is 212 g/mol.